The maximum atomic E-state index is 12.6. The molecule has 0 heterocycles. The van der Waals surface area contributed by atoms with Crippen molar-refractivity contribution in [2.45, 2.75) is 18.4 Å². The van der Waals surface area contributed by atoms with Gasteiger partial charge in [0.2, 0.25) is 0 Å². The standard InChI is InChI=1S/C11H11F6N/c1-18-8(7-5-3-2-4-6-7)9(10(12,13)14)11(15,16)17/h2-6,8-9,18H,1H3. The average Bonchev–Trinajstić information content (AvgIpc) is 2.23. The van der Waals surface area contributed by atoms with Gasteiger partial charge in [0.1, 0.15) is 0 Å². The Morgan fingerprint density at radius 3 is 1.67 bits per heavy atom. The zero-order valence-electron chi connectivity index (χ0n) is 9.31. The molecule has 0 bridgehead atoms. The Kier molecular flexibility index (Phi) is 4.26. The second kappa shape index (κ2) is 5.17. The Morgan fingerprint density at radius 1 is 0.889 bits per heavy atom. The molecule has 0 spiro atoms. The molecule has 102 valence electrons. The van der Waals surface area contributed by atoms with Crippen molar-refractivity contribution in [3.63, 3.8) is 0 Å². The molecule has 0 fully saturated rings. The van der Waals surface area contributed by atoms with Crippen LogP contribution in [0, 0.1) is 5.92 Å². The maximum absolute atomic E-state index is 12.6. The van der Waals surface area contributed by atoms with E-state index >= 15 is 0 Å². The molecule has 0 saturated heterocycles. The molecular formula is C11H11F6N. The Hall–Kier alpha value is -1.24. The SMILES string of the molecule is CNC(c1ccccc1)C(C(F)(F)F)C(F)(F)F. The van der Waals surface area contributed by atoms with Crippen LogP contribution in [-0.4, -0.2) is 19.4 Å². The van der Waals surface area contributed by atoms with Crippen molar-refractivity contribution in [1.82, 2.24) is 5.32 Å². The molecular weight excluding hydrogens is 260 g/mol. The molecule has 0 aliphatic heterocycles. The normalized spacial score (nSPS) is 14.9. The number of halogens is 6. The molecule has 18 heavy (non-hydrogen) atoms. The van der Waals surface area contributed by atoms with Gasteiger partial charge in [-0.3, -0.25) is 0 Å². The fourth-order valence-corrected chi connectivity index (χ4v) is 1.75. The molecule has 0 radical (unpaired) electrons. The second-order valence-corrected chi connectivity index (χ2v) is 3.74. The highest BCUT2D eigenvalue weighted by Crippen LogP contribution is 2.46. The fourth-order valence-electron chi connectivity index (χ4n) is 1.75. The molecule has 1 rings (SSSR count). The van der Waals surface area contributed by atoms with Crippen molar-refractivity contribution in [3.8, 4) is 0 Å². The van der Waals surface area contributed by atoms with Gasteiger partial charge in [0.05, 0.1) is 6.04 Å². The number of hydrogen-bond acceptors (Lipinski definition) is 1. The van der Waals surface area contributed by atoms with Crippen LogP contribution in [0.2, 0.25) is 0 Å². The van der Waals surface area contributed by atoms with Gasteiger partial charge in [-0.2, -0.15) is 26.3 Å². The van der Waals surface area contributed by atoms with E-state index in [2.05, 4.69) is 5.32 Å². The van der Waals surface area contributed by atoms with E-state index in [1.165, 1.54) is 30.3 Å². The third-order valence-electron chi connectivity index (χ3n) is 2.51. The highest BCUT2D eigenvalue weighted by Gasteiger charge is 2.60. The summed E-state index contributed by atoms with van der Waals surface area (Å²) in [4.78, 5) is 0. The van der Waals surface area contributed by atoms with Gasteiger partial charge in [-0.15, -0.1) is 0 Å². The van der Waals surface area contributed by atoms with Gasteiger partial charge < -0.3 is 5.32 Å². The predicted molar refractivity (Wildman–Crippen MR) is 53.8 cm³/mol. The summed E-state index contributed by atoms with van der Waals surface area (Å²) in [6, 6.07) is 4.91. The van der Waals surface area contributed by atoms with Crippen LogP contribution < -0.4 is 5.32 Å². The number of hydrogen-bond donors (Lipinski definition) is 1. The topological polar surface area (TPSA) is 12.0 Å². The smallest absolute Gasteiger partial charge is 0.312 e. The molecule has 1 aromatic rings. The summed E-state index contributed by atoms with van der Waals surface area (Å²) in [7, 11) is 1.07. The third kappa shape index (κ3) is 3.38. The molecule has 1 N–H and O–H groups in total. The van der Waals surface area contributed by atoms with Crippen LogP contribution in [-0.2, 0) is 0 Å². The van der Waals surface area contributed by atoms with Crippen molar-refractivity contribution in [2.75, 3.05) is 7.05 Å². The molecule has 1 nitrogen and oxygen atoms in total. The third-order valence-corrected chi connectivity index (χ3v) is 2.51. The van der Waals surface area contributed by atoms with Crippen LogP contribution >= 0.6 is 0 Å². The zero-order chi connectivity index (χ0) is 14.0. The first-order valence-electron chi connectivity index (χ1n) is 5.03. The Morgan fingerprint density at radius 2 is 1.33 bits per heavy atom. The zero-order valence-corrected chi connectivity index (χ0v) is 9.31. The van der Waals surface area contributed by atoms with E-state index in [-0.39, 0.29) is 5.56 Å². The fraction of sp³-hybridized carbons (Fsp3) is 0.455. The van der Waals surface area contributed by atoms with Crippen molar-refractivity contribution >= 4 is 0 Å². The van der Waals surface area contributed by atoms with Gasteiger partial charge in [-0.1, -0.05) is 30.3 Å². The van der Waals surface area contributed by atoms with Crippen LogP contribution in [0.15, 0.2) is 30.3 Å². The largest absolute Gasteiger partial charge is 0.402 e. The number of alkyl halides is 6. The van der Waals surface area contributed by atoms with Crippen molar-refractivity contribution < 1.29 is 26.3 Å². The van der Waals surface area contributed by atoms with E-state index in [1.807, 2.05) is 0 Å². The van der Waals surface area contributed by atoms with Crippen molar-refractivity contribution in [3.05, 3.63) is 35.9 Å². The van der Waals surface area contributed by atoms with Gasteiger partial charge in [0, 0.05) is 0 Å². The van der Waals surface area contributed by atoms with E-state index in [1.54, 1.807) is 0 Å². The number of benzene rings is 1. The Balaban J connectivity index is 3.19. The van der Waals surface area contributed by atoms with E-state index in [0.717, 1.165) is 7.05 Å². The maximum Gasteiger partial charge on any atom is 0.402 e. The number of nitrogens with one attached hydrogen (secondary N) is 1. The lowest BCUT2D eigenvalue weighted by Gasteiger charge is -2.30. The minimum absolute atomic E-state index is 0.0559. The van der Waals surface area contributed by atoms with Gasteiger partial charge >= 0.3 is 12.4 Å². The summed E-state index contributed by atoms with van der Waals surface area (Å²) in [5, 5.41) is 2.09. The monoisotopic (exact) mass is 271 g/mol. The summed E-state index contributed by atoms with van der Waals surface area (Å²) in [6.07, 6.45) is -10.7. The second-order valence-electron chi connectivity index (χ2n) is 3.74. The Bertz CT molecular complexity index is 355. The molecule has 7 heteroatoms. The van der Waals surface area contributed by atoms with Crippen LogP contribution in [0.3, 0.4) is 0 Å². The quantitative estimate of drug-likeness (QED) is 0.827. The van der Waals surface area contributed by atoms with Crippen molar-refractivity contribution in [2.24, 2.45) is 5.92 Å². The summed E-state index contributed by atoms with van der Waals surface area (Å²) < 4.78 is 75.5. The minimum atomic E-state index is -5.36. The minimum Gasteiger partial charge on any atom is -0.312 e. The molecule has 0 saturated carbocycles. The van der Waals surface area contributed by atoms with E-state index in [0.29, 0.717) is 0 Å². The van der Waals surface area contributed by atoms with E-state index in [4.69, 9.17) is 0 Å². The molecule has 0 aliphatic rings. The van der Waals surface area contributed by atoms with Crippen LogP contribution in [0.25, 0.3) is 0 Å². The molecule has 0 aromatic heterocycles. The molecule has 1 aromatic carbocycles. The average molecular weight is 271 g/mol. The lowest BCUT2D eigenvalue weighted by atomic mass is 9.92. The van der Waals surface area contributed by atoms with Gasteiger partial charge in [0.15, 0.2) is 5.92 Å². The highest BCUT2D eigenvalue weighted by atomic mass is 19.4. The van der Waals surface area contributed by atoms with Gasteiger partial charge in [-0.25, -0.2) is 0 Å². The van der Waals surface area contributed by atoms with E-state index < -0.39 is 24.3 Å². The van der Waals surface area contributed by atoms with Crippen LogP contribution in [0.4, 0.5) is 26.3 Å². The van der Waals surface area contributed by atoms with Crippen LogP contribution in [0.5, 0.6) is 0 Å². The molecule has 1 unspecified atom stereocenters. The summed E-state index contributed by atoms with van der Waals surface area (Å²) in [5.41, 5.74) is -0.0559. The number of rotatable bonds is 3. The Labute approximate surface area is 99.8 Å². The highest BCUT2D eigenvalue weighted by molar-refractivity contribution is 5.20. The first-order chi connectivity index (χ1) is 8.18. The predicted octanol–water partition coefficient (Wildman–Crippen LogP) is 3.69. The van der Waals surface area contributed by atoms with Crippen molar-refractivity contribution in [1.29, 1.82) is 0 Å². The van der Waals surface area contributed by atoms with Crippen LogP contribution in [0.1, 0.15) is 11.6 Å². The van der Waals surface area contributed by atoms with E-state index in [9.17, 15) is 26.3 Å². The molecule has 1 atom stereocenters. The summed E-state index contributed by atoms with van der Waals surface area (Å²) in [5.74, 6) is -3.43. The lowest BCUT2D eigenvalue weighted by molar-refractivity contribution is -0.292. The van der Waals surface area contributed by atoms with Gasteiger partial charge in [0.25, 0.3) is 0 Å². The lowest BCUT2D eigenvalue weighted by Crippen LogP contribution is -2.45. The first-order valence-corrected chi connectivity index (χ1v) is 5.03. The molecule has 0 amide bonds. The first kappa shape index (κ1) is 14.8. The van der Waals surface area contributed by atoms with Gasteiger partial charge in [-0.05, 0) is 12.6 Å². The molecule has 0 aliphatic carbocycles. The summed E-state index contributed by atoms with van der Waals surface area (Å²) in [6.45, 7) is 0. The summed E-state index contributed by atoms with van der Waals surface area (Å²) >= 11 is 0.